The number of alkyl halides is 3. The van der Waals surface area contributed by atoms with Crippen LogP contribution in [0.1, 0.15) is 24.0 Å². The summed E-state index contributed by atoms with van der Waals surface area (Å²) in [6.07, 6.45) is -1.02. The second-order valence-electron chi connectivity index (χ2n) is 7.04. The predicted octanol–water partition coefficient (Wildman–Crippen LogP) is 2.18. The molecule has 1 saturated heterocycles. The number of anilines is 3. The number of rotatable bonds is 3. The highest BCUT2D eigenvalue weighted by molar-refractivity contribution is 6.04. The number of hydrogen-bond acceptors (Lipinski definition) is 6. The minimum absolute atomic E-state index is 0.178. The Labute approximate surface area is 169 Å². The molecule has 0 aliphatic carbocycles. The number of halogens is 3. The van der Waals surface area contributed by atoms with Gasteiger partial charge in [0.2, 0.25) is 5.82 Å². The van der Waals surface area contributed by atoms with Gasteiger partial charge in [-0.05, 0) is 25.5 Å². The van der Waals surface area contributed by atoms with Crippen molar-refractivity contribution in [3.8, 4) is 0 Å². The standard InChI is InChI=1S/C18H18F3N7O2/c1-10(18(19,20)21)24-16(29)14-23-8-12-15(26-14)28(11-5-7-27(12)9-11)17(30)25-13-4-2-3-6-22-13/h2-4,6,8,10-11H,5,7,9H2,1H3,(H,24,29)(H,22,25,30)/t10-,11?/m1/s1. The molecule has 12 heteroatoms. The minimum Gasteiger partial charge on any atom is -0.365 e. The molecule has 2 atom stereocenters. The topological polar surface area (TPSA) is 103 Å². The van der Waals surface area contributed by atoms with Gasteiger partial charge in [0, 0.05) is 19.3 Å². The lowest BCUT2D eigenvalue weighted by atomic mass is 10.2. The second-order valence-corrected chi connectivity index (χ2v) is 7.04. The molecule has 1 fully saturated rings. The van der Waals surface area contributed by atoms with Gasteiger partial charge in [-0.1, -0.05) is 6.07 Å². The average Bonchev–Trinajstić information content (AvgIpc) is 3.12. The van der Waals surface area contributed by atoms with E-state index in [1.165, 1.54) is 17.3 Å². The van der Waals surface area contributed by atoms with E-state index in [-0.39, 0.29) is 11.9 Å². The number of amides is 3. The first-order chi connectivity index (χ1) is 14.2. The summed E-state index contributed by atoms with van der Waals surface area (Å²) in [5.74, 6) is -0.990. The van der Waals surface area contributed by atoms with E-state index in [9.17, 15) is 22.8 Å². The Hall–Kier alpha value is -3.44. The monoisotopic (exact) mass is 421 g/mol. The van der Waals surface area contributed by atoms with Gasteiger partial charge in [-0.3, -0.25) is 15.0 Å². The first-order valence-corrected chi connectivity index (χ1v) is 9.25. The Morgan fingerprint density at radius 2 is 2.07 bits per heavy atom. The average molecular weight is 421 g/mol. The molecule has 1 unspecified atom stereocenters. The molecule has 2 aliphatic rings. The van der Waals surface area contributed by atoms with Crippen LogP contribution in [0.15, 0.2) is 30.6 Å². The Balaban J connectivity index is 1.63. The van der Waals surface area contributed by atoms with Gasteiger partial charge in [0.1, 0.15) is 11.9 Å². The van der Waals surface area contributed by atoms with Crippen molar-refractivity contribution >= 4 is 29.3 Å². The van der Waals surface area contributed by atoms with Crippen LogP contribution in [-0.4, -0.2) is 58.2 Å². The molecule has 30 heavy (non-hydrogen) atoms. The fraction of sp³-hybridized carbons (Fsp3) is 0.389. The van der Waals surface area contributed by atoms with Crippen LogP contribution in [0.5, 0.6) is 0 Å². The van der Waals surface area contributed by atoms with E-state index in [4.69, 9.17) is 0 Å². The van der Waals surface area contributed by atoms with Crippen molar-refractivity contribution in [2.75, 3.05) is 28.2 Å². The van der Waals surface area contributed by atoms with Crippen LogP contribution in [0.25, 0.3) is 0 Å². The van der Waals surface area contributed by atoms with E-state index in [0.717, 1.165) is 6.92 Å². The van der Waals surface area contributed by atoms with Crippen LogP contribution >= 0.6 is 0 Å². The minimum atomic E-state index is -4.59. The summed E-state index contributed by atoms with van der Waals surface area (Å²) in [6, 6.07) is 2.31. The summed E-state index contributed by atoms with van der Waals surface area (Å²) < 4.78 is 38.3. The lowest BCUT2D eigenvalue weighted by molar-refractivity contribution is -0.149. The highest BCUT2D eigenvalue weighted by atomic mass is 19.4. The Morgan fingerprint density at radius 1 is 1.27 bits per heavy atom. The third kappa shape index (κ3) is 3.72. The summed E-state index contributed by atoms with van der Waals surface area (Å²) in [7, 11) is 0. The number of hydrogen-bond donors (Lipinski definition) is 2. The zero-order valence-electron chi connectivity index (χ0n) is 15.8. The van der Waals surface area contributed by atoms with Crippen molar-refractivity contribution in [3.63, 3.8) is 0 Å². The quantitative estimate of drug-likeness (QED) is 0.788. The van der Waals surface area contributed by atoms with Gasteiger partial charge >= 0.3 is 12.2 Å². The Morgan fingerprint density at radius 3 is 2.77 bits per heavy atom. The maximum absolute atomic E-state index is 13.0. The maximum atomic E-state index is 13.0. The second kappa shape index (κ2) is 7.43. The number of pyridine rings is 1. The summed E-state index contributed by atoms with van der Waals surface area (Å²) in [5.41, 5.74) is 0.542. The number of carbonyl (C=O) groups excluding carboxylic acids is 2. The lowest BCUT2D eigenvalue weighted by Crippen LogP contribution is -2.49. The highest BCUT2D eigenvalue weighted by Crippen LogP contribution is 2.38. The van der Waals surface area contributed by atoms with Crippen LogP contribution in [0, 0.1) is 0 Å². The molecule has 0 saturated carbocycles. The van der Waals surface area contributed by atoms with E-state index < -0.39 is 30.0 Å². The van der Waals surface area contributed by atoms with Gasteiger partial charge in [-0.15, -0.1) is 0 Å². The van der Waals surface area contributed by atoms with Crippen molar-refractivity contribution in [1.29, 1.82) is 0 Å². The molecule has 158 valence electrons. The number of fused-ring (bicyclic) bond motifs is 4. The molecule has 4 rings (SSSR count). The molecular formula is C18H18F3N7O2. The van der Waals surface area contributed by atoms with E-state index in [1.54, 1.807) is 18.2 Å². The van der Waals surface area contributed by atoms with E-state index in [2.05, 4.69) is 20.3 Å². The molecule has 0 aromatic carbocycles. The predicted molar refractivity (Wildman–Crippen MR) is 101 cm³/mol. The number of urea groups is 1. The zero-order chi connectivity index (χ0) is 21.5. The van der Waals surface area contributed by atoms with E-state index in [0.29, 0.717) is 31.0 Å². The van der Waals surface area contributed by atoms with Crippen molar-refractivity contribution < 1.29 is 22.8 Å². The summed E-state index contributed by atoms with van der Waals surface area (Å²) in [6.45, 7) is 2.07. The molecule has 2 aromatic rings. The van der Waals surface area contributed by atoms with Crippen molar-refractivity contribution in [2.24, 2.45) is 0 Å². The van der Waals surface area contributed by atoms with Crippen LogP contribution in [0.4, 0.5) is 35.3 Å². The summed E-state index contributed by atoms with van der Waals surface area (Å²) in [5, 5.41) is 4.52. The fourth-order valence-corrected chi connectivity index (χ4v) is 3.43. The first kappa shape index (κ1) is 19.9. The van der Waals surface area contributed by atoms with Crippen molar-refractivity contribution in [2.45, 2.75) is 31.6 Å². The summed E-state index contributed by atoms with van der Waals surface area (Å²) in [4.78, 5) is 40.7. The van der Waals surface area contributed by atoms with E-state index in [1.807, 2.05) is 10.2 Å². The number of nitrogens with zero attached hydrogens (tertiary/aromatic N) is 5. The number of nitrogens with one attached hydrogen (secondary N) is 2. The molecule has 4 heterocycles. The fourth-order valence-electron chi connectivity index (χ4n) is 3.43. The maximum Gasteiger partial charge on any atom is 0.408 e. The molecule has 2 aromatic heterocycles. The van der Waals surface area contributed by atoms with Gasteiger partial charge in [-0.25, -0.2) is 19.7 Å². The van der Waals surface area contributed by atoms with E-state index >= 15 is 0 Å². The molecule has 9 nitrogen and oxygen atoms in total. The van der Waals surface area contributed by atoms with Crippen molar-refractivity contribution in [3.05, 3.63) is 36.4 Å². The molecular weight excluding hydrogens is 403 g/mol. The van der Waals surface area contributed by atoms with Gasteiger partial charge in [0.05, 0.1) is 17.9 Å². The number of aromatic nitrogens is 3. The Bertz CT molecular complexity index is 970. The van der Waals surface area contributed by atoms with Crippen LogP contribution in [0.3, 0.4) is 0 Å². The number of carbonyl (C=O) groups is 2. The smallest absolute Gasteiger partial charge is 0.365 e. The third-order valence-corrected chi connectivity index (χ3v) is 5.01. The van der Waals surface area contributed by atoms with Gasteiger partial charge < -0.3 is 10.2 Å². The van der Waals surface area contributed by atoms with Gasteiger partial charge in [0.25, 0.3) is 5.91 Å². The molecule has 0 radical (unpaired) electrons. The van der Waals surface area contributed by atoms with Crippen LogP contribution < -0.4 is 20.4 Å². The molecule has 2 bridgehead atoms. The van der Waals surface area contributed by atoms with Crippen LogP contribution in [-0.2, 0) is 0 Å². The van der Waals surface area contributed by atoms with Gasteiger partial charge in [-0.2, -0.15) is 13.2 Å². The third-order valence-electron chi connectivity index (χ3n) is 5.01. The normalized spacial score (nSPS) is 18.6. The SMILES string of the molecule is C[C@@H](NC(=O)c1ncc2c(n1)N(C(=O)Nc1ccccn1)C1CCN2C1)C(F)(F)F. The van der Waals surface area contributed by atoms with Crippen molar-refractivity contribution in [1.82, 2.24) is 20.3 Å². The molecule has 3 amide bonds. The molecule has 2 N–H and O–H groups in total. The molecule has 0 spiro atoms. The highest BCUT2D eigenvalue weighted by Gasteiger charge is 2.42. The first-order valence-electron chi connectivity index (χ1n) is 9.25. The largest absolute Gasteiger partial charge is 0.408 e. The summed E-state index contributed by atoms with van der Waals surface area (Å²) >= 11 is 0. The lowest BCUT2D eigenvalue weighted by Gasteiger charge is -2.35. The zero-order valence-corrected chi connectivity index (χ0v) is 15.8. The molecule has 2 aliphatic heterocycles. The van der Waals surface area contributed by atoms with Gasteiger partial charge in [0.15, 0.2) is 5.82 Å². The van der Waals surface area contributed by atoms with Crippen LogP contribution in [0.2, 0.25) is 0 Å². The Kier molecular flexibility index (Phi) is 4.92.